The van der Waals surface area contributed by atoms with Gasteiger partial charge in [0.1, 0.15) is 5.75 Å². The van der Waals surface area contributed by atoms with Crippen molar-refractivity contribution in [3.63, 3.8) is 0 Å². The van der Waals surface area contributed by atoms with E-state index in [4.69, 9.17) is 18.9 Å². The molecule has 2 aromatic rings. The lowest BCUT2D eigenvalue weighted by Gasteiger charge is -2.32. The number of hydrogen-bond donors (Lipinski definition) is 2. The standard InChI is InChI=1S/C25H35N3O4/c1-17-8-10-18(11-9-17)24-19(7-6-12-32-24)15-27-25(26-2)28-16-20-13-22(30-4)23(31-5)14-21(20)29-3/h8-11,13-14,19,24H,6-7,12,15-16H2,1-5H3,(H2,26,27,28). The molecular formula is C25H35N3O4. The maximum absolute atomic E-state index is 6.15. The maximum atomic E-state index is 6.15. The Morgan fingerprint density at radius 2 is 1.69 bits per heavy atom. The average Bonchev–Trinajstić information content (AvgIpc) is 2.84. The van der Waals surface area contributed by atoms with E-state index in [0.717, 1.165) is 43.3 Å². The second-order valence-corrected chi connectivity index (χ2v) is 7.93. The Balaban J connectivity index is 1.63. The number of nitrogens with zero attached hydrogens (tertiary/aromatic N) is 1. The van der Waals surface area contributed by atoms with Crippen LogP contribution in [0.2, 0.25) is 0 Å². The number of methoxy groups -OCH3 is 3. The van der Waals surface area contributed by atoms with E-state index in [9.17, 15) is 0 Å². The van der Waals surface area contributed by atoms with Crippen molar-refractivity contribution in [2.24, 2.45) is 10.9 Å². The van der Waals surface area contributed by atoms with E-state index in [0.29, 0.717) is 24.0 Å². The Kier molecular flexibility index (Phi) is 8.62. The third-order valence-corrected chi connectivity index (χ3v) is 5.84. The van der Waals surface area contributed by atoms with E-state index in [1.165, 1.54) is 11.1 Å². The van der Waals surface area contributed by atoms with Crippen molar-refractivity contribution in [2.75, 3.05) is 41.5 Å². The third-order valence-electron chi connectivity index (χ3n) is 5.84. The van der Waals surface area contributed by atoms with Crippen LogP contribution in [0.4, 0.5) is 0 Å². The number of rotatable bonds is 8. The Morgan fingerprint density at radius 1 is 1.00 bits per heavy atom. The molecule has 174 valence electrons. The van der Waals surface area contributed by atoms with Crippen LogP contribution < -0.4 is 24.8 Å². The van der Waals surface area contributed by atoms with E-state index >= 15 is 0 Å². The summed E-state index contributed by atoms with van der Waals surface area (Å²) in [5.41, 5.74) is 3.45. The Morgan fingerprint density at radius 3 is 2.34 bits per heavy atom. The highest BCUT2D eigenvalue weighted by Crippen LogP contribution is 2.35. The van der Waals surface area contributed by atoms with Crippen LogP contribution in [-0.4, -0.2) is 47.5 Å². The molecule has 0 aromatic heterocycles. The molecule has 0 spiro atoms. The van der Waals surface area contributed by atoms with Crippen LogP contribution in [0.15, 0.2) is 41.4 Å². The van der Waals surface area contributed by atoms with Crippen LogP contribution >= 0.6 is 0 Å². The third kappa shape index (κ3) is 5.85. The summed E-state index contributed by atoms with van der Waals surface area (Å²) in [6.45, 7) is 4.22. The van der Waals surface area contributed by atoms with Gasteiger partial charge in [0.25, 0.3) is 0 Å². The summed E-state index contributed by atoms with van der Waals surface area (Å²) in [6.07, 6.45) is 2.29. The number of nitrogens with one attached hydrogen (secondary N) is 2. The Hall–Kier alpha value is -2.93. The van der Waals surface area contributed by atoms with E-state index in [2.05, 4.69) is 46.8 Å². The van der Waals surface area contributed by atoms with Crippen molar-refractivity contribution in [2.45, 2.75) is 32.4 Å². The van der Waals surface area contributed by atoms with Crippen molar-refractivity contribution in [3.05, 3.63) is 53.1 Å². The molecule has 1 saturated heterocycles. The van der Waals surface area contributed by atoms with Crippen LogP contribution in [0.5, 0.6) is 17.2 Å². The molecule has 2 atom stereocenters. The van der Waals surface area contributed by atoms with Gasteiger partial charge in [0.2, 0.25) is 0 Å². The predicted octanol–water partition coefficient (Wildman–Crippen LogP) is 3.85. The lowest BCUT2D eigenvalue weighted by atomic mass is 9.89. The summed E-state index contributed by atoms with van der Waals surface area (Å²) >= 11 is 0. The molecule has 1 aliphatic heterocycles. The van der Waals surface area contributed by atoms with E-state index in [1.807, 2.05) is 12.1 Å². The van der Waals surface area contributed by atoms with Crippen LogP contribution in [-0.2, 0) is 11.3 Å². The summed E-state index contributed by atoms with van der Waals surface area (Å²) in [7, 11) is 6.65. The molecule has 0 saturated carbocycles. The minimum atomic E-state index is 0.0981. The number of aliphatic imine (C=N–C) groups is 1. The zero-order chi connectivity index (χ0) is 22.9. The molecule has 2 aromatic carbocycles. The van der Waals surface area contributed by atoms with Gasteiger partial charge in [-0.05, 0) is 31.4 Å². The summed E-state index contributed by atoms with van der Waals surface area (Å²) in [6, 6.07) is 12.4. The van der Waals surface area contributed by atoms with E-state index in [-0.39, 0.29) is 6.10 Å². The summed E-state index contributed by atoms with van der Waals surface area (Å²) in [4.78, 5) is 4.39. The summed E-state index contributed by atoms with van der Waals surface area (Å²) in [5, 5.41) is 6.84. The number of guanidine groups is 1. The minimum absolute atomic E-state index is 0.0981. The van der Waals surface area contributed by atoms with Crippen molar-refractivity contribution >= 4 is 5.96 Å². The predicted molar refractivity (Wildman–Crippen MR) is 127 cm³/mol. The highest BCUT2D eigenvalue weighted by molar-refractivity contribution is 5.79. The SMILES string of the molecule is CN=C(NCc1cc(OC)c(OC)cc1OC)NCC1CCCOC1c1ccc(C)cc1. The molecule has 1 fully saturated rings. The molecule has 0 aliphatic carbocycles. The zero-order valence-corrected chi connectivity index (χ0v) is 19.7. The number of benzene rings is 2. The van der Waals surface area contributed by atoms with Crippen molar-refractivity contribution in [1.29, 1.82) is 0 Å². The highest BCUT2D eigenvalue weighted by Gasteiger charge is 2.27. The fraction of sp³-hybridized carbons (Fsp3) is 0.480. The number of ether oxygens (including phenoxy) is 4. The molecule has 3 rings (SSSR count). The van der Waals surface area contributed by atoms with Crippen molar-refractivity contribution in [1.82, 2.24) is 10.6 Å². The van der Waals surface area contributed by atoms with Gasteiger partial charge in [-0.3, -0.25) is 4.99 Å². The van der Waals surface area contributed by atoms with Crippen LogP contribution in [0.25, 0.3) is 0 Å². The monoisotopic (exact) mass is 441 g/mol. The Bertz CT molecular complexity index is 899. The van der Waals surface area contributed by atoms with Crippen LogP contribution in [0, 0.1) is 12.8 Å². The van der Waals surface area contributed by atoms with Crippen LogP contribution in [0.3, 0.4) is 0 Å². The molecular weight excluding hydrogens is 406 g/mol. The van der Waals surface area contributed by atoms with Gasteiger partial charge in [0, 0.05) is 44.3 Å². The van der Waals surface area contributed by atoms with E-state index < -0.39 is 0 Å². The topological polar surface area (TPSA) is 73.3 Å². The molecule has 7 heteroatoms. The Labute approximate surface area is 191 Å². The second-order valence-electron chi connectivity index (χ2n) is 7.93. The summed E-state index contributed by atoms with van der Waals surface area (Å²) < 4.78 is 22.5. The second kappa shape index (κ2) is 11.6. The average molecular weight is 442 g/mol. The van der Waals surface area contributed by atoms with Gasteiger partial charge < -0.3 is 29.6 Å². The number of hydrogen-bond acceptors (Lipinski definition) is 5. The van der Waals surface area contributed by atoms with Gasteiger partial charge in [0.15, 0.2) is 17.5 Å². The molecule has 7 nitrogen and oxygen atoms in total. The first kappa shape index (κ1) is 23.7. The molecule has 0 bridgehead atoms. The molecule has 0 radical (unpaired) electrons. The fourth-order valence-electron chi connectivity index (χ4n) is 4.03. The van der Waals surface area contributed by atoms with E-state index in [1.54, 1.807) is 28.4 Å². The quantitative estimate of drug-likeness (QED) is 0.479. The number of aryl methyl sites for hydroxylation is 1. The first-order chi connectivity index (χ1) is 15.6. The normalized spacial score (nSPS) is 18.7. The first-order valence-electron chi connectivity index (χ1n) is 11.0. The fourth-order valence-corrected chi connectivity index (χ4v) is 4.03. The highest BCUT2D eigenvalue weighted by atomic mass is 16.5. The molecule has 0 amide bonds. The van der Waals surface area contributed by atoms with Gasteiger partial charge >= 0.3 is 0 Å². The smallest absolute Gasteiger partial charge is 0.191 e. The van der Waals surface area contributed by atoms with Gasteiger partial charge in [-0.25, -0.2) is 0 Å². The van der Waals surface area contributed by atoms with Crippen molar-refractivity contribution in [3.8, 4) is 17.2 Å². The molecule has 1 heterocycles. The molecule has 2 N–H and O–H groups in total. The summed E-state index contributed by atoms with van der Waals surface area (Å²) in [5.74, 6) is 3.13. The lowest BCUT2D eigenvalue weighted by molar-refractivity contribution is -0.0265. The van der Waals surface area contributed by atoms with Gasteiger partial charge in [0.05, 0.1) is 27.4 Å². The molecule has 1 aliphatic rings. The van der Waals surface area contributed by atoms with Crippen LogP contribution in [0.1, 0.15) is 35.6 Å². The first-order valence-corrected chi connectivity index (χ1v) is 11.0. The largest absolute Gasteiger partial charge is 0.496 e. The molecule has 32 heavy (non-hydrogen) atoms. The van der Waals surface area contributed by atoms with Gasteiger partial charge in [-0.1, -0.05) is 29.8 Å². The lowest BCUT2D eigenvalue weighted by Crippen LogP contribution is -2.41. The van der Waals surface area contributed by atoms with Gasteiger partial charge in [-0.15, -0.1) is 0 Å². The zero-order valence-electron chi connectivity index (χ0n) is 19.7. The maximum Gasteiger partial charge on any atom is 0.191 e. The minimum Gasteiger partial charge on any atom is -0.496 e. The molecule has 2 unspecified atom stereocenters. The van der Waals surface area contributed by atoms with Gasteiger partial charge in [-0.2, -0.15) is 0 Å². The van der Waals surface area contributed by atoms with Crippen molar-refractivity contribution < 1.29 is 18.9 Å².